The van der Waals surface area contributed by atoms with E-state index in [1.165, 1.54) is 0 Å². The van der Waals surface area contributed by atoms with E-state index < -0.39 is 0 Å². The fourth-order valence-electron chi connectivity index (χ4n) is 1.04. The Morgan fingerprint density at radius 2 is 2.38 bits per heavy atom. The van der Waals surface area contributed by atoms with E-state index in [0.29, 0.717) is 10.8 Å². The molecule has 4 heteroatoms. The third-order valence-corrected chi connectivity index (χ3v) is 2.25. The third kappa shape index (κ3) is 1.98. The van der Waals surface area contributed by atoms with E-state index in [4.69, 9.17) is 11.6 Å². The second kappa shape index (κ2) is 3.34. The standard InChI is InChI=1S/C9H9ClN2O/c10-7-2-1-5-11-8(7)12-9(13)6-3-4-6/h1-2,5-6H,3-4H2,(H,11,12,13). The number of anilines is 1. The molecule has 1 aromatic heterocycles. The molecule has 0 aliphatic heterocycles. The molecule has 0 bridgehead atoms. The van der Waals surface area contributed by atoms with Crippen LogP contribution in [0.1, 0.15) is 12.8 Å². The van der Waals surface area contributed by atoms with Crippen molar-refractivity contribution in [3.8, 4) is 0 Å². The van der Waals surface area contributed by atoms with Crippen LogP contribution in [-0.4, -0.2) is 10.9 Å². The van der Waals surface area contributed by atoms with Gasteiger partial charge in [0.15, 0.2) is 5.82 Å². The van der Waals surface area contributed by atoms with Crippen LogP contribution in [0.5, 0.6) is 0 Å². The summed E-state index contributed by atoms with van der Waals surface area (Å²) < 4.78 is 0. The number of carbonyl (C=O) groups is 1. The van der Waals surface area contributed by atoms with Gasteiger partial charge < -0.3 is 5.32 Å². The molecule has 1 N–H and O–H groups in total. The Bertz CT molecular complexity index is 336. The van der Waals surface area contributed by atoms with Gasteiger partial charge in [-0.05, 0) is 25.0 Å². The molecule has 1 heterocycles. The lowest BCUT2D eigenvalue weighted by Gasteiger charge is -2.03. The summed E-state index contributed by atoms with van der Waals surface area (Å²) in [6.45, 7) is 0. The highest BCUT2D eigenvalue weighted by Gasteiger charge is 2.30. The van der Waals surface area contributed by atoms with E-state index in [2.05, 4.69) is 10.3 Å². The molecule has 1 saturated carbocycles. The van der Waals surface area contributed by atoms with Gasteiger partial charge in [-0.3, -0.25) is 4.79 Å². The predicted molar refractivity (Wildman–Crippen MR) is 50.6 cm³/mol. The van der Waals surface area contributed by atoms with Gasteiger partial charge in [-0.25, -0.2) is 4.98 Å². The number of pyridine rings is 1. The fourth-order valence-corrected chi connectivity index (χ4v) is 1.21. The lowest BCUT2D eigenvalue weighted by Crippen LogP contribution is -2.14. The zero-order valence-electron chi connectivity index (χ0n) is 6.96. The van der Waals surface area contributed by atoms with Crippen molar-refractivity contribution in [3.05, 3.63) is 23.4 Å². The van der Waals surface area contributed by atoms with Crippen LogP contribution in [0.3, 0.4) is 0 Å². The molecule has 0 radical (unpaired) electrons. The highest BCUT2D eigenvalue weighted by molar-refractivity contribution is 6.33. The van der Waals surface area contributed by atoms with E-state index in [-0.39, 0.29) is 11.8 Å². The molecule has 1 amide bonds. The van der Waals surface area contributed by atoms with Crippen molar-refractivity contribution in [1.29, 1.82) is 0 Å². The molecule has 2 rings (SSSR count). The number of amides is 1. The van der Waals surface area contributed by atoms with Crippen LogP contribution in [0.15, 0.2) is 18.3 Å². The summed E-state index contributed by atoms with van der Waals surface area (Å²) in [6.07, 6.45) is 3.57. The molecule has 1 aliphatic carbocycles. The number of halogens is 1. The molecule has 0 spiro atoms. The maximum atomic E-state index is 11.3. The van der Waals surface area contributed by atoms with Gasteiger partial charge in [0, 0.05) is 12.1 Å². The number of nitrogens with zero attached hydrogens (tertiary/aromatic N) is 1. The van der Waals surface area contributed by atoms with E-state index >= 15 is 0 Å². The number of nitrogens with one attached hydrogen (secondary N) is 1. The second-order valence-corrected chi connectivity index (χ2v) is 3.50. The second-order valence-electron chi connectivity index (χ2n) is 3.10. The summed E-state index contributed by atoms with van der Waals surface area (Å²) in [4.78, 5) is 15.3. The molecule has 13 heavy (non-hydrogen) atoms. The Morgan fingerprint density at radius 1 is 1.62 bits per heavy atom. The van der Waals surface area contributed by atoms with Crippen molar-refractivity contribution in [2.45, 2.75) is 12.8 Å². The lowest BCUT2D eigenvalue weighted by atomic mass is 10.4. The minimum absolute atomic E-state index is 0.0283. The van der Waals surface area contributed by atoms with Crippen LogP contribution >= 0.6 is 11.6 Å². The number of carbonyl (C=O) groups excluding carboxylic acids is 1. The van der Waals surface area contributed by atoms with Crippen molar-refractivity contribution < 1.29 is 4.79 Å². The minimum atomic E-state index is 0.0283. The summed E-state index contributed by atoms with van der Waals surface area (Å²) >= 11 is 5.82. The topological polar surface area (TPSA) is 42.0 Å². The van der Waals surface area contributed by atoms with E-state index in [9.17, 15) is 4.79 Å². The molecule has 0 aromatic carbocycles. The van der Waals surface area contributed by atoms with Gasteiger partial charge in [-0.2, -0.15) is 0 Å². The number of hydrogen-bond donors (Lipinski definition) is 1. The molecular weight excluding hydrogens is 188 g/mol. The summed E-state index contributed by atoms with van der Waals surface area (Å²) in [7, 11) is 0. The first-order chi connectivity index (χ1) is 6.27. The summed E-state index contributed by atoms with van der Waals surface area (Å²) in [5.74, 6) is 0.666. The van der Waals surface area contributed by atoms with Gasteiger partial charge in [0.1, 0.15) is 0 Å². The smallest absolute Gasteiger partial charge is 0.228 e. The fraction of sp³-hybridized carbons (Fsp3) is 0.333. The quantitative estimate of drug-likeness (QED) is 0.787. The molecule has 1 fully saturated rings. The Kier molecular flexibility index (Phi) is 2.19. The van der Waals surface area contributed by atoms with Gasteiger partial charge >= 0.3 is 0 Å². The van der Waals surface area contributed by atoms with E-state index in [1.54, 1.807) is 18.3 Å². The largest absolute Gasteiger partial charge is 0.309 e. The molecule has 1 aliphatic rings. The zero-order valence-corrected chi connectivity index (χ0v) is 7.71. The Hall–Kier alpha value is -1.09. The summed E-state index contributed by atoms with van der Waals surface area (Å²) in [6, 6.07) is 3.44. The van der Waals surface area contributed by atoms with Crippen LogP contribution < -0.4 is 5.32 Å². The number of hydrogen-bond acceptors (Lipinski definition) is 2. The van der Waals surface area contributed by atoms with Crippen molar-refractivity contribution >= 4 is 23.3 Å². The van der Waals surface area contributed by atoms with Crippen molar-refractivity contribution in [3.63, 3.8) is 0 Å². The average molecular weight is 197 g/mol. The molecule has 1 aromatic rings. The first-order valence-electron chi connectivity index (χ1n) is 4.19. The van der Waals surface area contributed by atoms with Gasteiger partial charge in [-0.15, -0.1) is 0 Å². The molecule has 0 unspecified atom stereocenters. The van der Waals surface area contributed by atoms with Crippen LogP contribution in [-0.2, 0) is 4.79 Å². The highest BCUT2D eigenvalue weighted by atomic mass is 35.5. The van der Waals surface area contributed by atoms with Gasteiger partial charge in [0.2, 0.25) is 5.91 Å². The normalized spacial score (nSPS) is 15.5. The van der Waals surface area contributed by atoms with Crippen LogP contribution in [0.2, 0.25) is 5.02 Å². The van der Waals surface area contributed by atoms with Crippen LogP contribution in [0.25, 0.3) is 0 Å². The zero-order chi connectivity index (χ0) is 9.26. The van der Waals surface area contributed by atoms with Crippen LogP contribution in [0.4, 0.5) is 5.82 Å². The van der Waals surface area contributed by atoms with Gasteiger partial charge in [0.05, 0.1) is 5.02 Å². The lowest BCUT2D eigenvalue weighted by molar-refractivity contribution is -0.117. The molecule has 0 saturated heterocycles. The summed E-state index contributed by atoms with van der Waals surface area (Å²) in [5.41, 5.74) is 0. The SMILES string of the molecule is O=C(Nc1ncccc1Cl)C1CC1. The first kappa shape index (κ1) is 8.51. The van der Waals surface area contributed by atoms with Crippen molar-refractivity contribution in [2.24, 2.45) is 5.92 Å². The van der Waals surface area contributed by atoms with Gasteiger partial charge in [-0.1, -0.05) is 11.6 Å². The van der Waals surface area contributed by atoms with Crippen molar-refractivity contribution in [1.82, 2.24) is 4.98 Å². The Labute approximate surface area is 81.1 Å². The van der Waals surface area contributed by atoms with E-state index in [0.717, 1.165) is 12.8 Å². The highest BCUT2D eigenvalue weighted by Crippen LogP contribution is 2.30. The Morgan fingerprint density at radius 3 is 3.00 bits per heavy atom. The maximum Gasteiger partial charge on any atom is 0.228 e. The minimum Gasteiger partial charge on any atom is -0.309 e. The van der Waals surface area contributed by atoms with Crippen LogP contribution in [0, 0.1) is 5.92 Å². The van der Waals surface area contributed by atoms with E-state index in [1.807, 2.05) is 0 Å². The molecule has 68 valence electrons. The summed E-state index contributed by atoms with van der Waals surface area (Å²) in [5, 5.41) is 3.17. The monoisotopic (exact) mass is 196 g/mol. The number of rotatable bonds is 2. The first-order valence-corrected chi connectivity index (χ1v) is 4.56. The maximum absolute atomic E-state index is 11.3. The third-order valence-electron chi connectivity index (χ3n) is 1.95. The number of aromatic nitrogens is 1. The average Bonchev–Trinajstić information content (AvgIpc) is 2.91. The molecule has 0 atom stereocenters. The Balaban J connectivity index is 2.08. The van der Waals surface area contributed by atoms with Crippen molar-refractivity contribution in [2.75, 3.05) is 5.32 Å². The van der Waals surface area contributed by atoms with Gasteiger partial charge in [0.25, 0.3) is 0 Å². The molecular formula is C9H9ClN2O. The predicted octanol–water partition coefficient (Wildman–Crippen LogP) is 2.08. The molecule has 3 nitrogen and oxygen atoms in total.